The van der Waals surface area contributed by atoms with Crippen molar-refractivity contribution in [2.75, 3.05) is 0 Å². The second-order valence-corrected chi connectivity index (χ2v) is 8.54. The number of esters is 1. The third-order valence-electron chi connectivity index (χ3n) is 5.96. The Morgan fingerprint density at radius 2 is 2.00 bits per heavy atom. The predicted octanol–water partition coefficient (Wildman–Crippen LogP) is 2.99. The number of hydrogen-bond donors (Lipinski definition) is 3. The van der Waals surface area contributed by atoms with Crippen molar-refractivity contribution in [3.8, 4) is 0 Å². The van der Waals surface area contributed by atoms with E-state index in [-0.39, 0.29) is 29.8 Å². The van der Waals surface area contributed by atoms with Gasteiger partial charge in [0.1, 0.15) is 6.10 Å². The van der Waals surface area contributed by atoms with Gasteiger partial charge in [-0.25, -0.2) is 0 Å². The molecule has 2 aliphatic carbocycles. The highest BCUT2D eigenvalue weighted by Gasteiger charge is 2.42. The molecule has 0 bridgehead atoms. The summed E-state index contributed by atoms with van der Waals surface area (Å²) in [6, 6.07) is 0. The van der Waals surface area contributed by atoms with Crippen molar-refractivity contribution in [2.45, 2.75) is 84.2 Å². The van der Waals surface area contributed by atoms with E-state index < -0.39 is 18.3 Å². The Labute approximate surface area is 163 Å². The first-order valence-corrected chi connectivity index (χ1v) is 10.4. The second kappa shape index (κ2) is 9.85. The summed E-state index contributed by atoms with van der Waals surface area (Å²) in [4.78, 5) is 12.2. The third kappa shape index (κ3) is 5.90. The fraction of sp³-hybridized carbons (Fsp3) is 0.773. The molecule has 5 heteroatoms. The van der Waals surface area contributed by atoms with Gasteiger partial charge in [0.05, 0.1) is 24.2 Å². The third-order valence-corrected chi connectivity index (χ3v) is 5.96. The molecule has 27 heavy (non-hydrogen) atoms. The Balaban J connectivity index is 2.13. The molecule has 0 aromatic carbocycles. The molecule has 0 saturated heterocycles. The minimum atomic E-state index is -0.606. The number of aliphatic hydroxyl groups excluding tert-OH is 3. The Kier molecular flexibility index (Phi) is 8.07. The van der Waals surface area contributed by atoms with Crippen LogP contribution in [0, 0.1) is 23.7 Å². The predicted molar refractivity (Wildman–Crippen MR) is 105 cm³/mol. The molecule has 0 aliphatic heterocycles. The van der Waals surface area contributed by atoms with Crippen LogP contribution < -0.4 is 0 Å². The van der Waals surface area contributed by atoms with E-state index in [9.17, 15) is 20.1 Å². The van der Waals surface area contributed by atoms with E-state index in [2.05, 4.69) is 13.0 Å². The van der Waals surface area contributed by atoms with Gasteiger partial charge in [-0.3, -0.25) is 4.79 Å². The average molecular weight is 381 g/mol. The van der Waals surface area contributed by atoms with Crippen LogP contribution in [0.15, 0.2) is 23.8 Å². The van der Waals surface area contributed by atoms with Crippen molar-refractivity contribution in [3.05, 3.63) is 23.8 Å². The standard InChI is InChI=1S/C22H36O5/c1-5-16(23)11-17(24)8-9-19-14(4)6-7-15-10-18(25)12-20(21(15)19)27-22(26)13(2)3/h6-7,10,13-14,16-21,23-25H,5,8-9,11-12H2,1-4H3. The van der Waals surface area contributed by atoms with Gasteiger partial charge in [-0.05, 0) is 43.1 Å². The summed E-state index contributed by atoms with van der Waals surface area (Å²) < 4.78 is 5.78. The van der Waals surface area contributed by atoms with E-state index in [4.69, 9.17) is 4.74 Å². The zero-order valence-electron chi connectivity index (χ0n) is 17.0. The van der Waals surface area contributed by atoms with Crippen molar-refractivity contribution in [1.29, 1.82) is 0 Å². The highest BCUT2D eigenvalue weighted by Crippen LogP contribution is 2.44. The zero-order chi connectivity index (χ0) is 20.1. The van der Waals surface area contributed by atoms with Gasteiger partial charge in [-0.2, -0.15) is 0 Å². The minimum Gasteiger partial charge on any atom is -0.461 e. The zero-order valence-corrected chi connectivity index (χ0v) is 17.0. The first kappa shape index (κ1) is 22.1. The summed E-state index contributed by atoms with van der Waals surface area (Å²) in [6.07, 6.45) is 6.95. The van der Waals surface area contributed by atoms with Gasteiger partial charge in [0, 0.05) is 12.3 Å². The number of ether oxygens (including phenoxy) is 1. The fourth-order valence-corrected chi connectivity index (χ4v) is 4.26. The lowest BCUT2D eigenvalue weighted by Crippen LogP contribution is -2.43. The van der Waals surface area contributed by atoms with Crippen LogP contribution >= 0.6 is 0 Å². The summed E-state index contributed by atoms with van der Waals surface area (Å²) in [5.41, 5.74) is 1.03. The maximum atomic E-state index is 12.2. The molecular formula is C22H36O5. The number of rotatable bonds is 8. The molecule has 0 aromatic heterocycles. The Morgan fingerprint density at radius 1 is 1.30 bits per heavy atom. The fourth-order valence-electron chi connectivity index (χ4n) is 4.26. The van der Waals surface area contributed by atoms with Crippen LogP contribution in [0.25, 0.3) is 0 Å². The van der Waals surface area contributed by atoms with Crippen LogP contribution in [0.4, 0.5) is 0 Å². The van der Waals surface area contributed by atoms with Gasteiger partial charge in [0.2, 0.25) is 0 Å². The first-order valence-electron chi connectivity index (χ1n) is 10.4. The lowest BCUT2D eigenvalue weighted by molar-refractivity contribution is -0.158. The van der Waals surface area contributed by atoms with Crippen LogP contribution in [0.1, 0.15) is 59.8 Å². The number of hydrogen-bond acceptors (Lipinski definition) is 5. The summed E-state index contributed by atoms with van der Waals surface area (Å²) in [5, 5.41) is 30.2. The number of carbonyl (C=O) groups excluding carboxylic acids is 1. The quantitative estimate of drug-likeness (QED) is 0.564. The van der Waals surface area contributed by atoms with Gasteiger partial charge in [-0.1, -0.05) is 45.9 Å². The molecule has 0 fully saturated rings. The largest absolute Gasteiger partial charge is 0.461 e. The topological polar surface area (TPSA) is 87.0 Å². The summed E-state index contributed by atoms with van der Waals surface area (Å²) in [5.74, 6) is 0.127. The molecule has 0 spiro atoms. The molecule has 0 saturated carbocycles. The van der Waals surface area contributed by atoms with Gasteiger partial charge >= 0.3 is 5.97 Å². The van der Waals surface area contributed by atoms with Gasteiger partial charge in [-0.15, -0.1) is 0 Å². The van der Waals surface area contributed by atoms with Crippen LogP contribution in [0.2, 0.25) is 0 Å². The van der Waals surface area contributed by atoms with Gasteiger partial charge in [0.15, 0.2) is 0 Å². The molecule has 2 rings (SSSR count). The summed E-state index contributed by atoms with van der Waals surface area (Å²) in [7, 11) is 0. The van der Waals surface area contributed by atoms with Crippen LogP contribution in [0.5, 0.6) is 0 Å². The molecular weight excluding hydrogens is 344 g/mol. The van der Waals surface area contributed by atoms with Crippen molar-refractivity contribution in [1.82, 2.24) is 0 Å². The SMILES string of the molecule is CCC(O)CC(O)CCC1C(C)C=CC2=CC(O)CC(OC(=O)C(C)C)C21. The van der Waals surface area contributed by atoms with Crippen LogP contribution in [0.3, 0.4) is 0 Å². The Morgan fingerprint density at radius 3 is 2.63 bits per heavy atom. The lowest BCUT2D eigenvalue weighted by atomic mass is 9.66. The second-order valence-electron chi connectivity index (χ2n) is 8.54. The van der Waals surface area contributed by atoms with E-state index in [0.717, 1.165) is 12.0 Å². The highest BCUT2D eigenvalue weighted by atomic mass is 16.5. The van der Waals surface area contributed by atoms with Crippen LogP contribution in [-0.4, -0.2) is 45.7 Å². The molecule has 3 N–H and O–H groups in total. The van der Waals surface area contributed by atoms with E-state index in [1.54, 1.807) is 0 Å². The Hall–Kier alpha value is -1.17. The van der Waals surface area contributed by atoms with Crippen molar-refractivity contribution >= 4 is 5.97 Å². The normalized spacial score (nSPS) is 32.6. The molecule has 0 aromatic rings. The molecule has 2 aliphatic rings. The first-order chi connectivity index (χ1) is 12.7. The van der Waals surface area contributed by atoms with Crippen molar-refractivity contribution in [3.63, 3.8) is 0 Å². The number of aliphatic hydroxyl groups is 3. The van der Waals surface area contributed by atoms with Crippen LogP contribution in [-0.2, 0) is 9.53 Å². The molecule has 7 atom stereocenters. The summed E-state index contributed by atoms with van der Waals surface area (Å²) in [6.45, 7) is 7.68. The molecule has 0 amide bonds. The molecule has 5 nitrogen and oxygen atoms in total. The molecule has 0 heterocycles. The maximum absolute atomic E-state index is 12.2. The Bertz CT molecular complexity index is 553. The van der Waals surface area contributed by atoms with E-state index in [0.29, 0.717) is 31.6 Å². The van der Waals surface area contributed by atoms with Crippen molar-refractivity contribution in [2.24, 2.45) is 23.7 Å². The van der Waals surface area contributed by atoms with E-state index in [1.165, 1.54) is 0 Å². The van der Waals surface area contributed by atoms with Gasteiger partial charge < -0.3 is 20.1 Å². The highest BCUT2D eigenvalue weighted by molar-refractivity contribution is 5.71. The monoisotopic (exact) mass is 380 g/mol. The lowest BCUT2D eigenvalue weighted by Gasteiger charge is -2.43. The van der Waals surface area contributed by atoms with E-state index in [1.807, 2.05) is 32.9 Å². The number of carbonyl (C=O) groups is 1. The summed E-state index contributed by atoms with van der Waals surface area (Å²) >= 11 is 0. The van der Waals surface area contributed by atoms with Crippen molar-refractivity contribution < 1.29 is 24.9 Å². The smallest absolute Gasteiger partial charge is 0.308 e. The van der Waals surface area contributed by atoms with Gasteiger partial charge in [0.25, 0.3) is 0 Å². The van der Waals surface area contributed by atoms with E-state index >= 15 is 0 Å². The molecule has 0 radical (unpaired) electrons. The number of fused-ring (bicyclic) bond motifs is 1. The molecule has 7 unspecified atom stereocenters. The maximum Gasteiger partial charge on any atom is 0.308 e. The average Bonchev–Trinajstić information content (AvgIpc) is 2.60. The number of allylic oxidation sites excluding steroid dienone is 2. The molecule has 154 valence electrons. The minimum absolute atomic E-state index is 0.0411.